The first-order valence-electron chi connectivity index (χ1n) is 7.77. The van der Waals surface area contributed by atoms with Crippen molar-refractivity contribution in [1.29, 1.82) is 0 Å². The van der Waals surface area contributed by atoms with Gasteiger partial charge in [-0.3, -0.25) is 0 Å². The molecule has 3 rings (SSSR count). The van der Waals surface area contributed by atoms with Gasteiger partial charge in [0.05, 0.1) is 13.2 Å². The van der Waals surface area contributed by atoms with Gasteiger partial charge in [-0.2, -0.15) is 0 Å². The molecule has 5 heteroatoms. The molecule has 2 N–H and O–H groups in total. The van der Waals surface area contributed by atoms with Crippen molar-refractivity contribution in [3.8, 4) is 5.75 Å². The lowest BCUT2D eigenvalue weighted by Gasteiger charge is -2.13. The van der Waals surface area contributed by atoms with E-state index in [4.69, 9.17) is 9.15 Å². The topological polar surface area (TPSA) is 63.5 Å². The van der Waals surface area contributed by atoms with Crippen molar-refractivity contribution >= 4 is 22.7 Å². The third-order valence-corrected chi connectivity index (χ3v) is 3.87. The lowest BCUT2D eigenvalue weighted by molar-refractivity contribution is 0.248. The summed E-state index contributed by atoms with van der Waals surface area (Å²) in [6, 6.07) is 14.7. The third-order valence-electron chi connectivity index (χ3n) is 3.87. The Hall–Kier alpha value is -2.95. The zero-order valence-corrected chi connectivity index (χ0v) is 13.9. The summed E-state index contributed by atoms with van der Waals surface area (Å²) in [4.78, 5) is 12.2. The van der Waals surface area contributed by atoms with Crippen LogP contribution < -0.4 is 15.4 Å². The molecule has 0 aliphatic rings. The van der Waals surface area contributed by atoms with E-state index in [1.54, 1.807) is 13.2 Å². The number of urea groups is 1. The number of rotatable bonds is 4. The number of aryl methyl sites for hydroxylation is 1. The largest absolute Gasteiger partial charge is 0.496 e. The summed E-state index contributed by atoms with van der Waals surface area (Å²) in [6.45, 7) is 3.81. The molecular weight excluding hydrogens is 304 g/mol. The molecule has 1 atom stereocenters. The zero-order valence-electron chi connectivity index (χ0n) is 13.9. The Labute approximate surface area is 140 Å². The van der Waals surface area contributed by atoms with Crippen molar-refractivity contribution in [1.82, 2.24) is 5.32 Å². The van der Waals surface area contributed by atoms with E-state index >= 15 is 0 Å². The second-order valence-corrected chi connectivity index (χ2v) is 5.69. The lowest BCUT2D eigenvalue weighted by atomic mass is 10.2. The van der Waals surface area contributed by atoms with Crippen LogP contribution in [0, 0.1) is 6.92 Å². The van der Waals surface area contributed by atoms with Crippen molar-refractivity contribution in [3.05, 3.63) is 59.9 Å². The molecule has 0 bridgehead atoms. The van der Waals surface area contributed by atoms with Crippen LogP contribution in [0.1, 0.15) is 24.3 Å². The number of hydrogen-bond acceptors (Lipinski definition) is 3. The van der Waals surface area contributed by atoms with Crippen LogP contribution in [0.25, 0.3) is 11.0 Å². The number of carbonyl (C=O) groups is 1. The summed E-state index contributed by atoms with van der Waals surface area (Å²) >= 11 is 0. The van der Waals surface area contributed by atoms with Crippen LogP contribution in [0.4, 0.5) is 10.5 Å². The van der Waals surface area contributed by atoms with Gasteiger partial charge in [-0.1, -0.05) is 18.2 Å². The number of benzene rings is 2. The molecule has 1 unspecified atom stereocenters. The number of carbonyl (C=O) groups excluding carboxylic acids is 1. The SMILES string of the molecule is COc1ccc(NC(=O)NC(C)c2cc3ccccc3o2)cc1C. The average molecular weight is 324 g/mol. The van der Waals surface area contributed by atoms with E-state index in [0.717, 1.165) is 28.0 Å². The Kier molecular flexibility index (Phi) is 4.42. The van der Waals surface area contributed by atoms with Gasteiger partial charge in [0.1, 0.15) is 17.1 Å². The number of amides is 2. The number of fused-ring (bicyclic) bond motifs is 1. The Morgan fingerprint density at radius 2 is 1.96 bits per heavy atom. The molecule has 0 radical (unpaired) electrons. The van der Waals surface area contributed by atoms with Crippen molar-refractivity contribution in [3.63, 3.8) is 0 Å². The minimum Gasteiger partial charge on any atom is -0.496 e. The fourth-order valence-corrected chi connectivity index (χ4v) is 2.61. The smallest absolute Gasteiger partial charge is 0.319 e. The Morgan fingerprint density at radius 1 is 1.17 bits per heavy atom. The molecule has 124 valence electrons. The number of anilines is 1. The number of nitrogens with one attached hydrogen (secondary N) is 2. The Bertz CT molecular complexity index is 837. The molecule has 2 aromatic carbocycles. The number of ether oxygens (including phenoxy) is 1. The van der Waals surface area contributed by atoms with Gasteiger partial charge in [0.25, 0.3) is 0 Å². The number of hydrogen-bond donors (Lipinski definition) is 2. The highest BCUT2D eigenvalue weighted by atomic mass is 16.5. The van der Waals surface area contributed by atoms with E-state index in [9.17, 15) is 4.79 Å². The van der Waals surface area contributed by atoms with Gasteiger partial charge >= 0.3 is 6.03 Å². The molecule has 5 nitrogen and oxygen atoms in total. The number of para-hydroxylation sites is 1. The predicted octanol–water partition coefficient (Wildman–Crippen LogP) is 4.63. The van der Waals surface area contributed by atoms with E-state index in [-0.39, 0.29) is 12.1 Å². The van der Waals surface area contributed by atoms with Crippen LogP contribution in [0.3, 0.4) is 0 Å². The van der Waals surface area contributed by atoms with Crippen LogP contribution in [-0.4, -0.2) is 13.1 Å². The highest BCUT2D eigenvalue weighted by Gasteiger charge is 2.14. The molecule has 2 amide bonds. The summed E-state index contributed by atoms with van der Waals surface area (Å²) in [5.74, 6) is 1.51. The van der Waals surface area contributed by atoms with Crippen LogP contribution >= 0.6 is 0 Å². The van der Waals surface area contributed by atoms with E-state index in [1.165, 1.54) is 0 Å². The van der Waals surface area contributed by atoms with Crippen LogP contribution in [0.2, 0.25) is 0 Å². The zero-order chi connectivity index (χ0) is 17.1. The molecule has 1 aromatic heterocycles. The fraction of sp³-hybridized carbons (Fsp3) is 0.211. The minimum absolute atomic E-state index is 0.239. The van der Waals surface area contributed by atoms with Gasteiger partial charge in [0, 0.05) is 11.1 Å². The Balaban J connectivity index is 1.66. The quantitative estimate of drug-likeness (QED) is 0.735. The first-order valence-corrected chi connectivity index (χ1v) is 7.77. The predicted molar refractivity (Wildman–Crippen MR) is 94.5 cm³/mol. The summed E-state index contributed by atoms with van der Waals surface area (Å²) in [5, 5.41) is 6.72. The molecule has 0 aliphatic heterocycles. The van der Waals surface area contributed by atoms with Gasteiger partial charge in [-0.05, 0) is 49.7 Å². The van der Waals surface area contributed by atoms with Gasteiger partial charge in [-0.15, -0.1) is 0 Å². The number of furan rings is 1. The second kappa shape index (κ2) is 6.66. The van der Waals surface area contributed by atoms with Crippen LogP contribution in [0.5, 0.6) is 5.75 Å². The van der Waals surface area contributed by atoms with Crippen molar-refractivity contribution < 1.29 is 13.9 Å². The van der Waals surface area contributed by atoms with Crippen LogP contribution in [-0.2, 0) is 0 Å². The summed E-state index contributed by atoms with van der Waals surface area (Å²) < 4.78 is 11.0. The van der Waals surface area contributed by atoms with Gasteiger partial charge in [0.15, 0.2) is 0 Å². The van der Waals surface area contributed by atoms with Crippen molar-refractivity contribution in [2.24, 2.45) is 0 Å². The summed E-state index contributed by atoms with van der Waals surface area (Å²) in [6.07, 6.45) is 0. The maximum atomic E-state index is 12.2. The van der Waals surface area contributed by atoms with E-state index in [2.05, 4.69) is 10.6 Å². The average Bonchev–Trinajstić information content (AvgIpc) is 2.99. The van der Waals surface area contributed by atoms with E-state index in [1.807, 2.05) is 56.3 Å². The molecule has 0 saturated heterocycles. The van der Waals surface area contributed by atoms with Crippen molar-refractivity contribution in [2.45, 2.75) is 19.9 Å². The Morgan fingerprint density at radius 3 is 2.67 bits per heavy atom. The summed E-state index contributed by atoms with van der Waals surface area (Å²) in [7, 11) is 1.62. The second-order valence-electron chi connectivity index (χ2n) is 5.69. The highest BCUT2D eigenvalue weighted by Crippen LogP contribution is 2.24. The summed E-state index contributed by atoms with van der Waals surface area (Å²) in [5.41, 5.74) is 2.48. The number of methoxy groups -OCH3 is 1. The first-order chi connectivity index (χ1) is 11.6. The molecule has 0 saturated carbocycles. The molecule has 0 spiro atoms. The lowest BCUT2D eigenvalue weighted by Crippen LogP contribution is -2.30. The third kappa shape index (κ3) is 3.35. The first kappa shape index (κ1) is 15.9. The molecule has 1 heterocycles. The van der Waals surface area contributed by atoms with Crippen LogP contribution in [0.15, 0.2) is 52.9 Å². The van der Waals surface area contributed by atoms with E-state index in [0.29, 0.717) is 5.69 Å². The maximum Gasteiger partial charge on any atom is 0.319 e. The molecule has 24 heavy (non-hydrogen) atoms. The van der Waals surface area contributed by atoms with Crippen molar-refractivity contribution in [2.75, 3.05) is 12.4 Å². The maximum absolute atomic E-state index is 12.2. The highest BCUT2D eigenvalue weighted by molar-refractivity contribution is 5.89. The fourth-order valence-electron chi connectivity index (χ4n) is 2.61. The van der Waals surface area contributed by atoms with E-state index < -0.39 is 0 Å². The molecule has 3 aromatic rings. The van der Waals surface area contributed by atoms with Gasteiger partial charge in [-0.25, -0.2) is 4.79 Å². The molecule has 0 fully saturated rings. The minimum atomic E-state index is -0.285. The van der Waals surface area contributed by atoms with Gasteiger partial charge in [0.2, 0.25) is 0 Å². The monoisotopic (exact) mass is 324 g/mol. The standard InChI is InChI=1S/C19H20N2O3/c1-12-10-15(8-9-16(12)23-3)21-19(22)20-13(2)18-11-14-6-4-5-7-17(14)24-18/h4-11,13H,1-3H3,(H2,20,21,22). The molecule has 0 aliphatic carbocycles. The van der Waals surface area contributed by atoms with Gasteiger partial charge < -0.3 is 19.8 Å². The molecular formula is C19H20N2O3. The normalized spacial score (nSPS) is 12.0.